The van der Waals surface area contributed by atoms with Gasteiger partial charge in [0.05, 0.1) is 19.6 Å². The van der Waals surface area contributed by atoms with E-state index < -0.39 is 25.1 Å². The molecular weight excluding hydrogens is 415 g/mol. The average molecular weight is 435 g/mol. The fraction of sp³-hybridized carbons (Fsp3) is 0.381. The largest absolute Gasteiger partial charge is 0.461 e. The zero-order valence-corrected chi connectivity index (χ0v) is 16.7. The second-order valence-electron chi connectivity index (χ2n) is 7.21. The molecule has 0 spiro atoms. The first-order chi connectivity index (χ1) is 14.8. The minimum absolute atomic E-state index is 0.0331. The summed E-state index contributed by atoms with van der Waals surface area (Å²) in [5.41, 5.74) is 1.45. The third-order valence-electron chi connectivity index (χ3n) is 5.13. The lowest BCUT2D eigenvalue weighted by Crippen LogP contribution is -2.36. The van der Waals surface area contributed by atoms with Crippen molar-refractivity contribution < 1.29 is 31.9 Å². The van der Waals surface area contributed by atoms with E-state index in [4.69, 9.17) is 9.15 Å². The molecule has 1 aliphatic heterocycles. The molecule has 0 aliphatic carbocycles. The summed E-state index contributed by atoms with van der Waals surface area (Å²) in [6.45, 7) is 1.63. The van der Waals surface area contributed by atoms with Gasteiger partial charge in [0.1, 0.15) is 5.58 Å². The summed E-state index contributed by atoms with van der Waals surface area (Å²) in [5, 5.41) is 4.88. The standard InChI is InChI=1S/C21H20F3N3O4/c1-2-30-20(29)18-14-12-26(9-7-15(14)27(25-18)10-8-21(22,23)24)19(28)17-11-13-5-3-4-6-16(13)31-17/h3-6,11H,2,7-10,12H2,1H3. The monoisotopic (exact) mass is 435 g/mol. The summed E-state index contributed by atoms with van der Waals surface area (Å²) >= 11 is 0. The number of carbonyl (C=O) groups is 2. The SMILES string of the molecule is CCOC(=O)c1nn(CCC(F)(F)F)c2c1CN(C(=O)c1cc3ccccc3o1)CC2. The molecule has 164 valence electrons. The number of alkyl halides is 3. The highest BCUT2D eigenvalue weighted by Gasteiger charge is 2.34. The molecule has 0 radical (unpaired) electrons. The zero-order chi connectivity index (χ0) is 22.2. The number of benzene rings is 1. The van der Waals surface area contributed by atoms with E-state index in [0.717, 1.165) is 5.39 Å². The highest BCUT2D eigenvalue weighted by atomic mass is 19.4. The molecule has 2 aromatic heterocycles. The van der Waals surface area contributed by atoms with E-state index in [1.165, 1.54) is 9.58 Å². The fourth-order valence-corrected chi connectivity index (χ4v) is 3.69. The summed E-state index contributed by atoms with van der Waals surface area (Å²) in [6.07, 6.45) is -5.14. The Morgan fingerprint density at radius 2 is 2.03 bits per heavy atom. The van der Waals surface area contributed by atoms with Gasteiger partial charge in [-0.25, -0.2) is 4.79 Å². The van der Waals surface area contributed by atoms with Gasteiger partial charge in [-0.15, -0.1) is 0 Å². The Bertz CT molecular complexity index is 1100. The van der Waals surface area contributed by atoms with Gasteiger partial charge in [-0.05, 0) is 19.1 Å². The molecule has 0 bridgehead atoms. The number of aryl methyl sites for hydroxylation is 1. The maximum atomic E-state index is 13.0. The van der Waals surface area contributed by atoms with Gasteiger partial charge >= 0.3 is 12.1 Å². The number of nitrogens with zero attached hydrogens (tertiary/aromatic N) is 3. The second kappa shape index (κ2) is 8.09. The molecule has 3 heterocycles. The molecule has 7 nitrogen and oxygen atoms in total. The number of esters is 1. The van der Waals surface area contributed by atoms with Gasteiger partial charge in [-0.1, -0.05) is 18.2 Å². The topological polar surface area (TPSA) is 77.6 Å². The van der Waals surface area contributed by atoms with Crippen molar-refractivity contribution in [1.82, 2.24) is 14.7 Å². The Labute approximate surface area is 175 Å². The molecule has 4 rings (SSSR count). The van der Waals surface area contributed by atoms with Crippen LogP contribution < -0.4 is 0 Å². The number of fused-ring (bicyclic) bond motifs is 2. The van der Waals surface area contributed by atoms with Crippen LogP contribution in [0, 0.1) is 0 Å². The number of para-hydroxylation sites is 1. The minimum Gasteiger partial charge on any atom is -0.461 e. The van der Waals surface area contributed by atoms with Crippen LogP contribution in [0.3, 0.4) is 0 Å². The number of ether oxygens (including phenoxy) is 1. The van der Waals surface area contributed by atoms with E-state index >= 15 is 0 Å². The molecule has 0 atom stereocenters. The molecule has 0 unspecified atom stereocenters. The zero-order valence-electron chi connectivity index (χ0n) is 16.7. The number of carbonyl (C=O) groups excluding carboxylic acids is 2. The Hall–Kier alpha value is -3.30. The smallest absolute Gasteiger partial charge is 0.390 e. The summed E-state index contributed by atoms with van der Waals surface area (Å²) < 4.78 is 50.0. The van der Waals surface area contributed by atoms with Gasteiger partial charge in [-0.2, -0.15) is 18.3 Å². The van der Waals surface area contributed by atoms with Gasteiger partial charge in [0.2, 0.25) is 0 Å². The van der Waals surface area contributed by atoms with Gasteiger partial charge in [0.15, 0.2) is 11.5 Å². The van der Waals surface area contributed by atoms with Crippen molar-refractivity contribution in [2.24, 2.45) is 0 Å². The first-order valence-corrected chi connectivity index (χ1v) is 9.87. The van der Waals surface area contributed by atoms with Crippen molar-refractivity contribution in [1.29, 1.82) is 0 Å². The molecule has 0 saturated carbocycles. The van der Waals surface area contributed by atoms with Crippen molar-refractivity contribution in [2.75, 3.05) is 13.2 Å². The van der Waals surface area contributed by atoms with Gasteiger partial charge in [0, 0.05) is 36.2 Å². The molecule has 0 fully saturated rings. The fourth-order valence-electron chi connectivity index (χ4n) is 3.69. The molecule has 1 amide bonds. The van der Waals surface area contributed by atoms with Crippen molar-refractivity contribution in [3.63, 3.8) is 0 Å². The van der Waals surface area contributed by atoms with Crippen LogP contribution in [0.25, 0.3) is 11.0 Å². The maximum Gasteiger partial charge on any atom is 0.390 e. The maximum absolute atomic E-state index is 13.0. The average Bonchev–Trinajstić information content (AvgIpc) is 3.32. The van der Waals surface area contributed by atoms with E-state index in [0.29, 0.717) is 16.8 Å². The van der Waals surface area contributed by atoms with Crippen LogP contribution in [-0.2, 0) is 24.2 Å². The number of furan rings is 1. The third-order valence-corrected chi connectivity index (χ3v) is 5.13. The molecule has 1 aliphatic rings. The minimum atomic E-state index is -4.35. The van der Waals surface area contributed by atoms with Crippen LogP contribution in [0.2, 0.25) is 0 Å². The van der Waals surface area contributed by atoms with Gasteiger partial charge in [0.25, 0.3) is 5.91 Å². The number of hydrogen-bond donors (Lipinski definition) is 0. The van der Waals surface area contributed by atoms with Gasteiger partial charge in [-0.3, -0.25) is 9.48 Å². The predicted octanol–water partition coefficient (Wildman–Crippen LogP) is 3.96. The predicted molar refractivity (Wildman–Crippen MR) is 104 cm³/mol. The number of amides is 1. The number of rotatable bonds is 5. The summed E-state index contributed by atoms with van der Waals surface area (Å²) in [4.78, 5) is 26.8. The van der Waals surface area contributed by atoms with E-state index in [-0.39, 0.29) is 43.5 Å². The van der Waals surface area contributed by atoms with E-state index in [1.54, 1.807) is 25.1 Å². The van der Waals surface area contributed by atoms with Crippen LogP contribution in [0.5, 0.6) is 0 Å². The van der Waals surface area contributed by atoms with Crippen LogP contribution in [0.15, 0.2) is 34.7 Å². The Morgan fingerprint density at radius 1 is 1.26 bits per heavy atom. The highest BCUT2D eigenvalue weighted by Crippen LogP contribution is 2.28. The highest BCUT2D eigenvalue weighted by molar-refractivity contribution is 5.96. The molecule has 0 saturated heterocycles. The lowest BCUT2D eigenvalue weighted by Gasteiger charge is -2.27. The van der Waals surface area contributed by atoms with Gasteiger partial charge < -0.3 is 14.1 Å². The summed E-state index contributed by atoms with van der Waals surface area (Å²) in [7, 11) is 0. The van der Waals surface area contributed by atoms with Crippen molar-refractivity contribution >= 4 is 22.8 Å². The Morgan fingerprint density at radius 3 is 2.74 bits per heavy atom. The number of hydrogen-bond acceptors (Lipinski definition) is 5. The molecule has 3 aromatic rings. The first-order valence-electron chi connectivity index (χ1n) is 9.87. The van der Waals surface area contributed by atoms with E-state index in [9.17, 15) is 22.8 Å². The lowest BCUT2D eigenvalue weighted by molar-refractivity contribution is -0.137. The Balaban J connectivity index is 1.62. The Kier molecular flexibility index (Phi) is 5.47. The van der Waals surface area contributed by atoms with E-state index in [1.807, 2.05) is 12.1 Å². The van der Waals surface area contributed by atoms with E-state index in [2.05, 4.69) is 5.10 Å². The first kappa shape index (κ1) is 21.0. The van der Waals surface area contributed by atoms with Crippen molar-refractivity contribution in [2.45, 2.75) is 39.0 Å². The molecule has 1 aromatic carbocycles. The van der Waals surface area contributed by atoms with Crippen molar-refractivity contribution in [3.05, 3.63) is 53.0 Å². The molecule has 10 heteroatoms. The quantitative estimate of drug-likeness (QED) is 0.567. The number of halogens is 3. The van der Waals surface area contributed by atoms with Crippen LogP contribution in [0.4, 0.5) is 13.2 Å². The molecule has 31 heavy (non-hydrogen) atoms. The van der Waals surface area contributed by atoms with Crippen LogP contribution >= 0.6 is 0 Å². The normalized spacial score (nSPS) is 14.0. The molecular formula is C21H20F3N3O4. The lowest BCUT2D eigenvalue weighted by atomic mass is 10.0. The third kappa shape index (κ3) is 4.28. The second-order valence-corrected chi connectivity index (χ2v) is 7.21. The molecule has 0 N–H and O–H groups in total. The van der Waals surface area contributed by atoms with Crippen molar-refractivity contribution in [3.8, 4) is 0 Å². The summed E-state index contributed by atoms with van der Waals surface area (Å²) in [5.74, 6) is -0.922. The summed E-state index contributed by atoms with van der Waals surface area (Å²) in [6, 6.07) is 8.86. The van der Waals surface area contributed by atoms with Crippen LogP contribution in [-0.4, -0.2) is 45.9 Å². The number of aromatic nitrogens is 2. The van der Waals surface area contributed by atoms with Crippen LogP contribution in [0.1, 0.15) is 45.6 Å².